The van der Waals surface area contributed by atoms with Crippen LogP contribution in [0.5, 0.6) is 0 Å². The molecule has 0 unspecified atom stereocenters. The van der Waals surface area contributed by atoms with E-state index >= 15 is 0 Å². The Morgan fingerprint density at radius 1 is 1.20 bits per heavy atom. The maximum Gasteiger partial charge on any atom is 0.307 e. The van der Waals surface area contributed by atoms with Gasteiger partial charge in [0.05, 0.1) is 12.2 Å². The monoisotopic (exact) mass is 299 g/mol. The Labute approximate surface area is 120 Å². The van der Waals surface area contributed by atoms with E-state index in [0.29, 0.717) is 11.1 Å². The van der Waals surface area contributed by atoms with Crippen LogP contribution in [-0.4, -0.2) is 25.2 Å². The molecule has 1 aromatic carbocycles. The zero-order chi connectivity index (χ0) is 15.4. The highest BCUT2D eigenvalue weighted by atomic mass is 32.2. The first-order chi connectivity index (χ1) is 9.09. The predicted molar refractivity (Wildman–Crippen MR) is 77.9 cm³/mol. The van der Waals surface area contributed by atoms with Crippen LogP contribution in [-0.2, 0) is 27.8 Å². The minimum absolute atomic E-state index is 0.0289. The lowest BCUT2D eigenvalue weighted by Crippen LogP contribution is -2.32. The summed E-state index contributed by atoms with van der Waals surface area (Å²) in [4.78, 5) is 10.8. The molecule has 0 radical (unpaired) electrons. The summed E-state index contributed by atoms with van der Waals surface area (Å²) < 4.78 is 26.4. The van der Waals surface area contributed by atoms with Crippen molar-refractivity contribution in [2.75, 3.05) is 5.75 Å². The van der Waals surface area contributed by atoms with Gasteiger partial charge in [0.2, 0.25) is 10.0 Å². The number of carbonyl (C=O) groups is 1. The number of hydrogen-bond acceptors (Lipinski definition) is 3. The minimum atomic E-state index is -3.38. The number of sulfonamides is 1. The normalized spacial score (nSPS) is 12.3. The zero-order valence-corrected chi connectivity index (χ0v) is 12.8. The molecule has 0 atom stereocenters. The Morgan fingerprint density at radius 3 is 2.25 bits per heavy atom. The number of carboxylic acid groups (broad SMARTS) is 1. The summed E-state index contributed by atoms with van der Waals surface area (Å²) in [6.45, 7) is 5.67. The Morgan fingerprint density at radius 2 is 1.75 bits per heavy atom. The highest BCUT2D eigenvalue weighted by Gasteiger charge is 2.21. The molecule has 0 aliphatic heterocycles. The van der Waals surface area contributed by atoms with Crippen LogP contribution in [0, 0.1) is 5.41 Å². The van der Waals surface area contributed by atoms with E-state index in [1.54, 1.807) is 24.3 Å². The Bertz CT molecular complexity index is 573. The van der Waals surface area contributed by atoms with E-state index in [2.05, 4.69) is 4.72 Å². The first-order valence-electron chi connectivity index (χ1n) is 6.35. The number of nitrogens with one attached hydrogen (secondary N) is 1. The van der Waals surface area contributed by atoms with Crippen LogP contribution in [0.15, 0.2) is 24.3 Å². The molecule has 1 rings (SSSR count). The molecule has 0 heterocycles. The van der Waals surface area contributed by atoms with Crippen LogP contribution in [0.1, 0.15) is 31.9 Å². The van der Waals surface area contributed by atoms with Crippen molar-refractivity contribution < 1.29 is 18.3 Å². The van der Waals surface area contributed by atoms with Crippen molar-refractivity contribution in [3.8, 4) is 0 Å². The minimum Gasteiger partial charge on any atom is -0.481 e. The highest BCUT2D eigenvalue weighted by molar-refractivity contribution is 7.89. The second-order valence-corrected chi connectivity index (χ2v) is 7.79. The van der Waals surface area contributed by atoms with Crippen molar-refractivity contribution in [3.63, 3.8) is 0 Å². The third kappa shape index (κ3) is 6.16. The van der Waals surface area contributed by atoms with Gasteiger partial charge in [0.15, 0.2) is 0 Å². The topological polar surface area (TPSA) is 83.5 Å². The summed E-state index contributed by atoms with van der Waals surface area (Å²) in [5, 5.41) is 8.83. The molecule has 2 N–H and O–H groups in total. The highest BCUT2D eigenvalue weighted by Crippen LogP contribution is 2.16. The molecular weight excluding hydrogens is 278 g/mol. The average Bonchev–Trinajstić information content (AvgIpc) is 2.24. The van der Waals surface area contributed by atoms with Crippen LogP contribution < -0.4 is 4.72 Å². The molecule has 0 aliphatic rings. The maximum absolute atomic E-state index is 11.9. The summed E-state index contributed by atoms with van der Waals surface area (Å²) in [5.41, 5.74) is 0.984. The van der Waals surface area contributed by atoms with Gasteiger partial charge in [-0.15, -0.1) is 0 Å². The van der Waals surface area contributed by atoms with Gasteiger partial charge in [-0.25, -0.2) is 13.1 Å². The van der Waals surface area contributed by atoms with Crippen LogP contribution in [0.4, 0.5) is 0 Å². The van der Waals surface area contributed by atoms with E-state index in [4.69, 9.17) is 5.11 Å². The van der Waals surface area contributed by atoms with E-state index in [1.807, 2.05) is 20.8 Å². The predicted octanol–water partition coefficient (Wildman–Crippen LogP) is 1.78. The molecule has 0 saturated carbocycles. The molecule has 20 heavy (non-hydrogen) atoms. The Kier molecular flexibility index (Phi) is 5.30. The van der Waals surface area contributed by atoms with Crippen molar-refractivity contribution >= 4 is 16.0 Å². The van der Waals surface area contributed by atoms with Gasteiger partial charge in [0.1, 0.15) is 0 Å². The number of aliphatic carboxylic acids is 1. The van der Waals surface area contributed by atoms with Gasteiger partial charge in [-0.05, 0) is 16.5 Å². The van der Waals surface area contributed by atoms with Gasteiger partial charge >= 0.3 is 5.97 Å². The van der Waals surface area contributed by atoms with Crippen LogP contribution in [0.2, 0.25) is 0 Å². The molecule has 1 aromatic rings. The zero-order valence-electron chi connectivity index (χ0n) is 12.0. The van der Waals surface area contributed by atoms with E-state index in [9.17, 15) is 13.2 Å². The molecule has 0 saturated heterocycles. The molecule has 5 nitrogen and oxygen atoms in total. The van der Waals surface area contributed by atoms with Crippen molar-refractivity contribution in [1.29, 1.82) is 0 Å². The van der Waals surface area contributed by atoms with Gasteiger partial charge < -0.3 is 5.11 Å². The van der Waals surface area contributed by atoms with Crippen LogP contribution >= 0.6 is 0 Å². The van der Waals surface area contributed by atoms with Crippen molar-refractivity contribution in [1.82, 2.24) is 4.72 Å². The maximum atomic E-state index is 11.9. The lowest BCUT2D eigenvalue weighted by molar-refractivity contribution is -0.136. The van der Waals surface area contributed by atoms with Crippen molar-refractivity contribution in [2.24, 2.45) is 5.41 Å². The van der Waals surface area contributed by atoms with Crippen LogP contribution in [0.3, 0.4) is 0 Å². The molecule has 0 fully saturated rings. The fraction of sp³-hybridized carbons (Fsp3) is 0.500. The molecule has 0 spiro atoms. The molecule has 112 valence electrons. The first-order valence-corrected chi connectivity index (χ1v) is 8.00. The van der Waals surface area contributed by atoms with Gasteiger partial charge in [0.25, 0.3) is 0 Å². The largest absolute Gasteiger partial charge is 0.481 e. The van der Waals surface area contributed by atoms with Gasteiger partial charge in [-0.3, -0.25) is 4.79 Å². The summed E-state index contributed by atoms with van der Waals surface area (Å²) in [5.74, 6) is -0.906. The summed E-state index contributed by atoms with van der Waals surface area (Å²) >= 11 is 0. The van der Waals surface area contributed by atoms with Crippen LogP contribution in [0.25, 0.3) is 0 Å². The number of hydrogen-bond donors (Lipinski definition) is 2. The van der Waals surface area contributed by atoms with E-state index < -0.39 is 16.0 Å². The van der Waals surface area contributed by atoms with Gasteiger partial charge in [-0.2, -0.15) is 0 Å². The standard InChI is InChI=1S/C14H21NO4S/c1-14(2,3)10-20(18,19)15-9-12-7-5-4-6-11(12)8-13(16)17/h4-7,15H,8-10H2,1-3H3,(H,16,17). The summed E-state index contributed by atoms with van der Waals surface area (Å²) in [6, 6.07) is 6.93. The number of carboxylic acids is 1. The van der Waals surface area contributed by atoms with Crippen molar-refractivity contribution in [2.45, 2.75) is 33.7 Å². The quantitative estimate of drug-likeness (QED) is 0.838. The van der Waals surface area contributed by atoms with E-state index in [1.165, 1.54) is 0 Å². The smallest absolute Gasteiger partial charge is 0.307 e. The molecule has 0 aliphatic carbocycles. The average molecular weight is 299 g/mol. The molecule has 0 aromatic heterocycles. The van der Waals surface area contributed by atoms with Gasteiger partial charge in [0, 0.05) is 6.54 Å². The Hall–Kier alpha value is -1.40. The second-order valence-electron chi connectivity index (χ2n) is 5.98. The third-order valence-corrected chi connectivity index (χ3v) is 4.40. The molecule has 6 heteroatoms. The molecular formula is C14H21NO4S. The number of rotatable bonds is 6. The second kappa shape index (κ2) is 6.37. The third-order valence-electron chi connectivity index (χ3n) is 2.57. The van der Waals surface area contributed by atoms with E-state index in [-0.39, 0.29) is 24.1 Å². The first kappa shape index (κ1) is 16.7. The number of benzene rings is 1. The Balaban J connectivity index is 2.78. The fourth-order valence-electron chi connectivity index (χ4n) is 1.87. The molecule has 0 amide bonds. The van der Waals surface area contributed by atoms with E-state index in [0.717, 1.165) is 0 Å². The lowest BCUT2D eigenvalue weighted by Gasteiger charge is -2.18. The lowest BCUT2D eigenvalue weighted by atomic mass is 10.0. The fourth-order valence-corrected chi connectivity index (χ4v) is 3.49. The summed E-state index contributed by atoms with van der Waals surface area (Å²) in [7, 11) is -3.38. The molecule has 0 bridgehead atoms. The van der Waals surface area contributed by atoms with Gasteiger partial charge in [-0.1, -0.05) is 45.0 Å². The SMILES string of the molecule is CC(C)(C)CS(=O)(=O)NCc1ccccc1CC(=O)O. The summed E-state index contributed by atoms with van der Waals surface area (Å²) in [6.07, 6.45) is -0.114. The van der Waals surface area contributed by atoms with Crippen molar-refractivity contribution in [3.05, 3.63) is 35.4 Å².